The quantitative estimate of drug-likeness (QED) is 0.292. The molecular formula is C11H13IN2O3. The van der Waals surface area contributed by atoms with Gasteiger partial charge in [-0.3, -0.25) is 14.9 Å². The average molecular weight is 348 g/mol. The molecule has 0 saturated heterocycles. The molecule has 0 unspecified atom stereocenters. The summed E-state index contributed by atoms with van der Waals surface area (Å²) >= 11 is 2.23. The Bertz CT molecular complexity index is 435. The van der Waals surface area contributed by atoms with Crippen LogP contribution in [0.2, 0.25) is 0 Å². The number of non-ortho nitro benzene ring substituents is 1. The molecule has 0 bridgehead atoms. The van der Waals surface area contributed by atoms with E-state index in [-0.39, 0.29) is 11.6 Å². The van der Waals surface area contributed by atoms with Crippen molar-refractivity contribution in [3.05, 3.63) is 39.4 Å². The van der Waals surface area contributed by atoms with E-state index in [1.165, 1.54) is 12.1 Å². The Labute approximate surface area is 113 Å². The third-order valence-corrected chi connectivity index (χ3v) is 2.89. The van der Waals surface area contributed by atoms with Crippen molar-refractivity contribution in [2.45, 2.75) is 13.3 Å². The summed E-state index contributed by atoms with van der Waals surface area (Å²) in [6.45, 7) is 2.32. The zero-order valence-electron chi connectivity index (χ0n) is 9.40. The minimum atomic E-state index is -0.491. The smallest absolute Gasteiger partial charge is 0.270 e. The molecule has 0 aliphatic carbocycles. The zero-order valence-corrected chi connectivity index (χ0v) is 11.6. The van der Waals surface area contributed by atoms with Gasteiger partial charge in [0.15, 0.2) is 0 Å². The van der Waals surface area contributed by atoms with E-state index in [4.69, 9.17) is 0 Å². The molecule has 0 heterocycles. The molecule has 17 heavy (non-hydrogen) atoms. The van der Waals surface area contributed by atoms with Gasteiger partial charge in [-0.1, -0.05) is 22.6 Å². The first-order valence-corrected chi connectivity index (χ1v) is 6.67. The van der Waals surface area contributed by atoms with Gasteiger partial charge in [-0.25, -0.2) is 0 Å². The molecule has 0 radical (unpaired) electrons. The van der Waals surface area contributed by atoms with Crippen LogP contribution in [0.4, 0.5) is 5.69 Å². The fourth-order valence-corrected chi connectivity index (χ4v) is 1.75. The van der Waals surface area contributed by atoms with E-state index in [1.54, 1.807) is 13.0 Å². The van der Waals surface area contributed by atoms with Crippen LogP contribution >= 0.6 is 22.6 Å². The second-order valence-corrected chi connectivity index (χ2v) is 4.69. The van der Waals surface area contributed by atoms with E-state index in [0.29, 0.717) is 17.7 Å². The van der Waals surface area contributed by atoms with Crippen LogP contribution in [-0.2, 0) is 0 Å². The van der Waals surface area contributed by atoms with E-state index in [2.05, 4.69) is 27.9 Å². The van der Waals surface area contributed by atoms with Crippen LogP contribution in [0.1, 0.15) is 22.3 Å². The second kappa shape index (κ2) is 6.53. The summed E-state index contributed by atoms with van der Waals surface area (Å²) in [4.78, 5) is 21.9. The van der Waals surface area contributed by atoms with E-state index in [1.807, 2.05) is 0 Å². The zero-order chi connectivity index (χ0) is 12.8. The number of benzene rings is 1. The highest BCUT2D eigenvalue weighted by atomic mass is 127. The monoisotopic (exact) mass is 348 g/mol. The van der Waals surface area contributed by atoms with E-state index in [9.17, 15) is 14.9 Å². The van der Waals surface area contributed by atoms with Crippen LogP contribution in [0, 0.1) is 17.0 Å². The van der Waals surface area contributed by atoms with Gasteiger partial charge < -0.3 is 5.32 Å². The Balaban J connectivity index is 2.82. The number of carbonyl (C=O) groups is 1. The molecule has 0 aromatic heterocycles. The number of hydrogen-bond donors (Lipinski definition) is 1. The number of nitro groups is 1. The highest BCUT2D eigenvalue weighted by Crippen LogP contribution is 2.16. The number of hydrogen-bond acceptors (Lipinski definition) is 3. The fourth-order valence-electron chi connectivity index (χ4n) is 1.37. The fraction of sp³-hybridized carbons (Fsp3) is 0.364. The van der Waals surface area contributed by atoms with Gasteiger partial charge in [0.2, 0.25) is 0 Å². The maximum absolute atomic E-state index is 11.7. The van der Waals surface area contributed by atoms with Crippen LogP contribution in [0.5, 0.6) is 0 Å². The van der Waals surface area contributed by atoms with Crippen molar-refractivity contribution < 1.29 is 9.72 Å². The molecule has 92 valence electrons. The summed E-state index contributed by atoms with van der Waals surface area (Å²) in [5.41, 5.74) is 0.993. The Morgan fingerprint density at radius 1 is 1.47 bits per heavy atom. The van der Waals surface area contributed by atoms with Gasteiger partial charge in [-0.15, -0.1) is 0 Å². The van der Waals surface area contributed by atoms with Crippen molar-refractivity contribution in [1.82, 2.24) is 5.32 Å². The number of alkyl halides is 1. The SMILES string of the molecule is Cc1cc(C(=O)NCCCI)cc([N+](=O)[O-])c1. The third-order valence-electron chi connectivity index (χ3n) is 2.13. The van der Waals surface area contributed by atoms with Crippen LogP contribution in [0.25, 0.3) is 0 Å². The Morgan fingerprint density at radius 3 is 2.76 bits per heavy atom. The normalized spacial score (nSPS) is 10.0. The lowest BCUT2D eigenvalue weighted by atomic mass is 10.1. The number of halogens is 1. The molecule has 1 amide bonds. The molecule has 0 aliphatic rings. The number of carbonyl (C=O) groups excluding carboxylic acids is 1. The molecule has 1 N–H and O–H groups in total. The first-order valence-electron chi connectivity index (χ1n) is 5.15. The largest absolute Gasteiger partial charge is 0.352 e. The molecule has 1 rings (SSSR count). The van der Waals surface area contributed by atoms with Crippen molar-refractivity contribution in [3.8, 4) is 0 Å². The second-order valence-electron chi connectivity index (χ2n) is 3.61. The molecule has 1 aromatic rings. The average Bonchev–Trinajstić information content (AvgIpc) is 2.28. The van der Waals surface area contributed by atoms with Gasteiger partial charge in [0.25, 0.3) is 11.6 Å². The van der Waals surface area contributed by atoms with E-state index in [0.717, 1.165) is 10.8 Å². The number of amides is 1. The number of nitrogens with zero attached hydrogens (tertiary/aromatic N) is 1. The maximum Gasteiger partial charge on any atom is 0.270 e. The highest BCUT2D eigenvalue weighted by molar-refractivity contribution is 14.1. The van der Waals surface area contributed by atoms with Gasteiger partial charge in [0.05, 0.1) is 4.92 Å². The lowest BCUT2D eigenvalue weighted by Gasteiger charge is -2.05. The molecule has 0 aliphatic heterocycles. The number of nitro benzene ring substituents is 1. The van der Waals surface area contributed by atoms with Crippen molar-refractivity contribution in [2.24, 2.45) is 0 Å². The topological polar surface area (TPSA) is 72.2 Å². The summed E-state index contributed by atoms with van der Waals surface area (Å²) in [7, 11) is 0. The molecular weight excluding hydrogens is 335 g/mol. The highest BCUT2D eigenvalue weighted by Gasteiger charge is 2.12. The predicted molar refractivity (Wildman–Crippen MR) is 73.7 cm³/mol. The Kier molecular flexibility index (Phi) is 5.33. The summed E-state index contributed by atoms with van der Waals surface area (Å²) < 4.78 is 0.964. The molecule has 0 atom stereocenters. The van der Waals surface area contributed by atoms with Gasteiger partial charge in [0, 0.05) is 28.7 Å². The first-order chi connectivity index (χ1) is 8.04. The van der Waals surface area contributed by atoms with Crippen molar-refractivity contribution in [2.75, 3.05) is 11.0 Å². The lowest BCUT2D eigenvalue weighted by molar-refractivity contribution is -0.384. The molecule has 0 fully saturated rings. The van der Waals surface area contributed by atoms with Crippen molar-refractivity contribution in [3.63, 3.8) is 0 Å². The summed E-state index contributed by atoms with van der Waals surface area (Å²) in [6, 6.07) is 4.39. The van der Waals surface area contributed by atoms with E-state index < -0.39 is 4.92 Å². The Hall–Kier alpha value is -1.18. The van der Waals surface area contributed by atoms with Crippen molar-refractivity contribution >= 4 is 34.2 Å². The molecule has 0 spiro atoms. The minimum Gasteiger partial charge on any atom is -0.352 e. The molecule has 0 saturated carbocycles. The molecule has 1 aromatic carbocycles. The van der Waals surface area contributed by atoms with Gasteiger partial charge in [-0.05, 0) is 25.0 Å². The molecule has 5 nitrogen and oxygen atoms in total. The van der Waals surface area contributed by atoms with Crippen molar-refractivity contribution in [1.29, 1.82) is 0 Å². The van der Waals surface area contributed by atoms with Crippen LogP contribution in [0.15, 0.2) is 18.2 Å². The van der Waals surface area contributed by atoms with Crippen LogP contribution in [-0.4, -0.2) is 21.8 Å². The number of rotatable bonds is 5. The predicted octanol–water partition coefficient (Wildman–Crippen LogP) is 2.46. The minimum absolute atomic E-state index is 0.0518. The first kappa shape index (κ1) is 13.9. The lowest BCUT2D eigenvalue weighted by Crippen LogP contribution is -2.24. The summed E-state index contributed by atoms with van der Waals surface area (Å²) in [6.07, 6.45) is 0.889. The van der Waals surface area contributed by atoms with Gasteiger partial charge >= 0.3 is 0 Å². The summed E-state index contributed by atoms with van der Waals surface area (Å²) in [5.74, 6) is -0.262. The Morgan fingerprint density at radius 2 is 2.18 bits per heavy atom. The number of aryl methyl sites for hydroxylation is 1. The van der Waals surface area contributed by atoms with E-state index >= 15 is 0 Å². The summed E-state index contributed by atoms with van der Waals surface area (Å²) in [5, 5.41) is 13.4. The number of nitrogens with one attached hydrogen (secondary N) is 1. The van der Waals surface area contributed by atoms with Crippen LogP contribution < -0.4 is 5.32 Å². The third kappa shape index (κ3) is 4.29. The van der Waals surface area contributed by atoms with Crippen LogP contribution in [0.3, 0.4) is 0 Å². The maximum atomic E-state index is 11.7. The van der Waals surface area contributed by atoms with Gasteiger partial charge in [0.1, 0.15) is 0 Å². The molecule has 6 heteroatoms. The standard InChI is InChI=1S/C11H13IN2O3/c1-8-5-9(7-10(6-8)14(16)17)11(15)13-4-2-3-12/h5-7H,2-4H2,1H3,(H,13,15). The van der Waals surface area contributed by atoms with Gasteiger partial charge in [-0.2, -0.15) is 0 Å².